The molecular weight excluding hydrogens is 450 g/mol. The van der Waals surface area contributed by atoms with E-state index < -0.39 is 35.8 Å². The molecule has 0 aromatic heterocycles. The van der Waals surface area contributed by atoms with Crippen LogP contribution in [0.15, 0.2) is 24.3 Å². The van der Waals surface area contributed by atoms with Crippen molar-refractivity contribution in [1.29, 1.82) is 0 Å². The first-order valence-corrected chi connectivity index (χ1v) is 7.15. The molecule has 0 bridgehead atoms. The Morgan fingerprint density at radius 2 is 0.690 bits per heavy atom. The van der Waals surface area contributed by atoms with E-state index in [0.29, 0.717) is 0 Å². The van der Waals surface area contributed by atoms with Crippen LogP contribution in [-0.2, 0) is 48.2 Å². The molecule has 12 nitrogen and oxygen atoms in total. The van der Waals surface area contributed by atoms with Crippen LogP contribution in [0.3, 0.4) is 0 Å². The summed E-state index contributed by atoms with van der Waals surface area (Å²) in [4.78, 5) is 57.5. The largest absolute Gasteiger partial charge is 2.00 e. The van der Waals surface area contributed by atoms with E-state index >= 15 is 0 Å². The molecule has 0 aliphatic carbocycles. The fraction of sp³-hybridized carbons (Fsp3) is 0.375. The van der Waals surface area contributed by atoms with E-state index in [0.717, 1.165) is 0 Å². The van der Waals surface area contributed by atoms with Crippen molar-refractivity contribution in [3.8, 4) is 0 Å². The van der Waals surface area contributed by atoms with Gasteiger partial charge in [0.1, 0.15) is 0 Å². The van der Waals surface area contributed by atoms with Crippen LogP contribution in [0.25, 0.3) is 0 Å². The molecule has 0 saturated carbocycles. The summed E-state index contributed by atoms with van der Waals surface area (Å²) in [6, 6.07) is 0. The van der Waals surface area contributed by atoms with Gasteiger partial charge in [-0.25, -0.2) is 0 Å². The number of aliphatic carboxylic acids is 6. The Balaban J connectivity index is -0.0000000881. The van der Waals surface area contributed by atoms with E-state index in [4.69, 9.17) is 20.4 Å². The van der Waals surface area contributed by atoms with E-state index in [9.17, 15) is 39.0 Å². The number of carboxylic acid groups (broad SMARTS) is 6. The molecule has 13 heteroatoms. The molecule has 0 amide bonds. The molecule has 0 fully saturated rings. The van der Waals surface area contributed by atoms with Gasteiger partial charge >= 0.3 is 43.4 Å². The SMILES string of the molecule is C=C(C)C(=O)[O-].C=C(C)C(=O)[O-].O=C(O)CCC(=O)O.O=C(O)CCC(=O)O.[Zn+2]. The molecule has 0 radical (unpaired) electrons. The maximum absolute atomic E-state index is 9.64. The molecule has 0 unspecified atom stereocenters. The van der Waals surface area contributed by atoms with Crippen molar-refractivity contribution in [3.63, 3.8) is 0 Å². The minimum absolute atomic E-state index is 0. The first kappa shape index (κ1) is 36.8. The Morgan fingerprint density at radius 1 is 0.586 bits per heavy atom. The van der Waals surface area contributed by atoms with Gasteiger partial charge in [-0.2, -0.15) is 0 Å². The van der Waals surface area contributed by atoms with Crippen molar-refractivity contribution in [3.05, 3.63) is 24.3 Å². The number of rotatable bonds is 8. The number of hydrogen-bond donors (Lipinski definition) is 4. The summed E-state index contributed by atoms with van der Waals surface area (Å²) in [6.07, 6.45) is -1.19. The summed E-state index contributed by atoms with van der Waals surface area (Å²) in [5, 5.41) is 50.6. The molecule has 0 aromatic carbocycles. The zero-order valence-corrected chi connectivity index (χ0v) is 19.0. The van der Waals surface area contributed by atoms with Crippen molar-refractivity contribution in [2.24, 2.45) is 0 Å². The Kier molecular flexibility index (Phi) is 29.1. The van der Waals surface area contributed by atoms with E-state index in [1.54, 1.807) is 0 Å². The van der Waals surface area contributed by atoms with E-state index in [1.165, 1.54) is 13.8 Å². The molecule has 0 spiro atoms. The van der Waals surface area contributed by atoms with Crippen molar-refractivity contribution in [2.45, 2.75) is 39.5 Å². The maximum Gasteiger partial charge on any atom is 2.00 e. The summed E-state index contributed by atoms with van der Waals surface area (Å²) < 4.78 is 0. The fourth-order valence-corrected chi connectivity index (χ4v) is 0.428. The summed E-state index contributed by atoms with van der Waals surface area (Å²) in [5.41, 5.74) is 0.130. The normalized spacial score (nSPS) is 7.79. The molecule has 0 aromatic rings. The van der Waals surface area contributed by atoms with E-state index in [-0.39, 0.29) is 56.3 Å². The van der Waals surface area contributed by atoms with Gasteiger partial charge in [0.15, 0.2) is 0 Å². The van der Waals surface area contributed by atoms with Crippen LogP contribution < -0.4 is 10.2 Å². The molecule has 0 atom stereocenters. The van der Waals surface area contributed by atoms with Crippen LogP contribution in [0.4, 0.5) is 0 Å². The summed E-state index contributed by atoms with van der Waals surface area (Å²) >= 11 is 0. The van der Waals surface area contributed by atoms with Gasteiger partial charge in [0.2, 0.25) is 0 Å². The van der Waals surface area contributed by atoms with Gasteiger partial charge in [0.05, 0.1) is 37.6 Å². The second-order valence-electron chi connectivity index (χ2n) is 4.71. The molecular formula is C16H22O12Zn. The molecule has 0 aliphatic heterocycles. The van der Waals surface area contributed by atoms with Crippen molar-refractivity contribution in [1.82, 2.24) is 0 Å². The van der Waals surface area contributed by atoms with Crippen LogP contribution in [0.5, 0.6) is 0 Å². The molecule has 0 saturated heterocycles. The van der Waals surface area contributed by atoms with Crippen LogP contribution in [0, 0.1) is 0 Å². The molecule has 29 heavy (non-hydrogen) atoms. The second kappa shape index (κ2) is 23.0. The van der Waals surface area contributed by atoms with Crippen molar-refractivity contribution >= 4 is 35.8 Å². The summed E-state index contributed by atoms with van der Waals surface area (Å²) in [5.74, 6) is -6.68. The van der Waals surface area contributed by atoms with Crippen molar-refractivity contribution in [2.75, 3.05) is 0 Å². The van der Waals surface area contributed by atoms with Gasteiger partial charge in [-0.1, -0.05) is 13.2 Å². The van der Waals surface area contributed by atoms with Crippen LogP contribution in [0.1, 0.15) is 39.5 Å². The van der Waals surface area contributed by atoms with Crippen LogP contribution in [-0.4, -0.2) is 56.2 Å². The Bertz CT molecular complexity index is 491. The molecule has 0 heterocycles. The van der Waals surface area contributed by atoms with Crippen LogP contribution in [0.2, 0.25) is 0 Å². The van der Waals surface area contributed by atoms with Gasteiger partial charge in [0.25, 0.3) is 0 Å². The quantitative estimate of drug-likeness (QED) is 0.234. The third-order valence-electron chi connectivity index (χ3n) is 1.80. The maximum atomic E-state index is 9.64. The third kappa shape index (κ3) is 58.8. The molecule has 160 valence electrons. The summed E-state index contributed by atoms with van der Waals surface area (Å²) in [6.45, 7) is 8.95. The average molecular weight is 472 g/mol. The first-order chi connectivity index (χ1) is 12.5. The Hall–Kier alpha value is -3.08. The summed E-state index contributed by atoms with van der Waals surface area (Å²) in [7, 11) is 0. The predicted molar refractivity (Wildman–Crippen MR) is 88.7 cm³/mol. The van der Waals surface area contributed by atoms with Gasteiger partial charge in [-0.15, -0.1) is 0 Å². The zero-order chi connectivity index (χ0) is 23.4. The van der Waals surface area contributed by atoms with Gasteiger partial charge in [-0.05, 0) is 25.0 Å². The number of carboxylic acids is 6. The van der Waals surface area contributed by atoms with Gasteiger partial charge in [0, 0.05) is 0 Å². The van der Waals surface area contributed by atoms with Gasteiger partial charge < -0.3 is 40.2 Å². The molecule has 4 N–H and O–H groups in total. The van der Waals surface area contributed by atoms with E-state index in [1.807, 2.05) is 0 Å². The predicted octanol–water partition coefficient (Wildman–Crippen LogP) is -1.51. The monoisotopic (exact) mass is 470 g/mol. The van der Waals surface area contributed by atoms with Gasteiger partial charge in [-0.3, -0.25) is 19.2 Å². The van der Waals surface area contributed by atoms with Crippen molar-refractivity contribution < 1.29 is 78.9 Å². The smallest absolute Gasteiger partial charge is 0.545 e. The number of carbonyl (C=O) groups excluding carboxylic acids is 2. The molecule has 0 aliphatic rings. The topological polar surface area (TPSA) is 229 Å². The number of carbonyl (C=O) groups is 6. The number of hydrogen-bond acceptors (Lipinski definition) is 8. The zero-order valence-electron chi connectivity index (χ0n) is 16.0. The average Bonchev–Trinajstić information content (AvgIpc) is 2.52. The first-order valence-electron chi connectivity index (χ1n) is 7.15. The van der Waals surface area contributed by atoms with Crippen LogP contribution >= 0.6 is 0 Å². The minimum atomic E-state index is -1.19. The third-order valence-corrected chi connectivity index (χ3v) is 1.80. The standard InChI is InChI=1S/2C4H6O4.2C4H6O2.Zn/c2*5-3(6)1-2-4(7)8;2*1-3(2)4(5)6;/h2*1-2H2,(H,5,6)(H,7,8);2*1H2,2H3,(H,5,6);/q;;;;+2/p-2. The Morgan fingerprint density at radius 3 is 0.724 bits per heavy atom. The fourth-order valence-electron chi connectivity index (χ4n) is 0.428. The molecule has 0 rings (SSSR count). The van der Waals surface area contributed by atoms with E-state index in [2.05, 4.69) is 13.2 Å². The minimum Gasteiger partial charge on any atom is -0.545 e. The Labute approximate surface area is 178 Å². The second-order valence-corrected chi connectivity index (χ2v) is 4.71.